The average molecular weight is 447 g/mol. The Labute approximate surface area is 169 Å². The topological polar surface area (TPSA) is 95.1 Å². The molecule has 1 N–H and O–H groups in total. The Bertz CT molecular complexity index is 977. The highest BCUT2D eigenvalue weighted by atomic mass is 79.9. The molecule has 0 unspecified atom stereocenters. The lowest BCUT2D eigenvalue weighted by Gasteiger charge is -2.12. The van der Waals surface area contributed by atoms with Crippen LogP contribution in [0.25, 0.3) is 6.08 Å². The first-order valence-electron chi connectivity index (χ1n) is 7.55. The van der Waals surface area contributed by atoms with E-state index in [0.717, 1.165) is 0 Å². The molecule has 2 rings (SSSR count). The summed E-state index contributed by atoms with van der Waals surface area (Å²) < 4.78 is 11.1. The number of hydrogen-bond donors (Lipinski definition) is 1. The minimum Gasteiger partial charge on any atom is -0.493 e. The molecule has 27 heavy (non-hydrogen) atoms. The van der Waals surface area contributed by atoms with Gasteiger partial charge in [-0.05, 0) is 51.8 Å². The van der Waals surface area contributed by atoms with Gasteiger partial charge in [-0.3, -0.25) is 4.79 Å². The van der Waals surface area contributed by atoms with Gasteiger partial charge in [-0.1, -0.05) is 23.7 Å². The number of benzene rings is 2. The zero-order valence-electron chi connectivity index (χ0n) is 14.1. The van der Waals surface area contributed by atoms with Crippen LogP contribution >= 0.6 is 27.5 Å². The van der Waals surface area contributed by atoms with Crippen molar-refractivity contribution in [3.8, 4) is 23.6 Å². The molecule has 0 fully saturated rings. The molecule has 0 aliphatic heterocycles. The van der Waals surface area contributed by atoms with Gasteiger partial charge in [-0.2, -0.15) is 10.5 Å². The Morgan fingerprint density at radius 2 is 2.07 bits per heavy atom. The molecule has 136 valence electrons. The Balaban J connectivity index is 2.33. The fraction of sp³-hybridized carbons (Fsp3) is 0.105. The summed E-state index contributed by atoms with van der Waals surface area (Å²) in [7, 11) is 1.45. The summed E-state index contributed by atoms with van der Waals surface area (Å²) in [5, 5.41) is 21.0. The first-order valence-corrected chi connectivity index (χ1v) is 8.72. The SMILES string of the molecule is COc1cc(/C=C(\C#N)C(=O)Nc2ccccc2Cl)cc(Br)c1OCC#N. The third-order valence-electron chi connectivity index (χ3n) is 3.33. The van der Waals surface area contributed by atoms with Gasteiger partial charge in [0.25, 0.3) is 5.91 Å². The van der Waals surface area contributed by atoms with Crippen molar-refractivity contribution in [2.24, 2.45) is 0 Å². The Kier molecular flexibility index (Phi) is 7.25. The van der Waals surface area contributed by atoms with E-state index in [1.807, 2.05) is 12.1 Å². The second-order valence-corrected chi connectivity index (χ2v) is 6.35. The minimum absolute atomic E-state index is 0.116. The van der Waals surface area contributed by atoms with E-state index in [1.54, 1.807) is 36.4 Å². The summed E-state index contributed by atoms with van der Waals surface area (Å²) in [4.78, 5) is 12.4. The number of halogens is 2. The molecule has 0 radical (unpaired) electrons. The molecule has 2 aromatic rings. The Morgan fingerprint density at radius 1 is 1.33 bits per heavy atom. The number of rotatable bonds is 6. The standard InChI is InChI=1S/C19H13BrClN3O3/c1-26-17-10-12(9-14(20)18(17)27-7-6-22)8-13(11-23)19(25)24-16-5-3-2-4-15(16)21/h2-5,8-10H,7H2,1H3,(H,24,25)/b13-8+. The van der Waals surface area contributed by atoms with E-state index < -0.39 is 5.91 Å². The molecule has 0 atom stereocenters. The summed E-state index contributed by atoms with van der Waals surface area (Å²) in [5.74, 6) is 0.121. The first kappa shape index (κ1) is 20.3. The molecular formula is C19H13BrClN3O3. The number of anilines is 1. The van der Waals surface area contributed by atoms with Crippen molar-refractivity contribution in [2.75, 3.05) is 19.0 Å². The van der Waals surface area contributed by atoms with E-state index in [4.69, 9.17) is 26.3 Å². The fourth-order valence-corrected chi connectivity index (χ4v) is 2.89. The number of para-hydroxylation sites is 1. The molecule has 0 saturated carbocycles. The molecule has 0 spiro atoms. The van der Waals surface area contributed by atoms with E-state index in [0.29, 0.717) is 32.2 Å². The van der Waals surface area contributed by atoms with Gasteiger partial charge in [-0.15, -0.1) is 0 Å². The molecule has 6 nitrogen and oxygen atoms in total. The fourth-order valence-electron chi connectivity index (χ4n) is 2.14. The van der Waals surface area contributed by atoms with Crippen LogP contribution in [0.2, 0.25) is 5.02 Å². The summed E-state index contributed by atoms with van der Waals surface area (Å²) >= 11 is 9.36. The Morgan fingerprint density at radius 3 is 2.70 bits per heavy atom. The molecule has 8 heteroatoms. The maximum atomic E-state index is 12.4. The van der Waals surface area contributed by atoms with Crippen molar-refractivity contribution < 1.29 is 14.3 Å². The molecule has 0 bridgehead atoms. The second-order valence-electron chi connectivity index (χ2n) is 5.08. The monoisotopic (exact) mass is 445 g/mol. The molecule has 0 aromatic heterocycles. The zero-order valence-corrected chi connectivity index (χ0v) is 16.5. The van der Waals surface area contributed by atoms with Crippen LogP contribution in [0.3, 0.4) is 0 Å². The average Bonchev–Trinajstić information content (AvgIpc) is 2.66. The smallest absolute Gasteiger partial charge is 0.266 e. The molecule has 2 aromatic carbocycles. The quantitative estimate of drug-likeness (QED) is 0.518. The van der Waals surface area contributed by atoms with E-state index in [1.165, 1.54) is 13.2 Å². The predicted molar refractivity (Wildman–Crippen MR) is 105 cm³/mol. The number of ether oxygens (including phenoxy) is 2. The number of methoxy groups -OCH3 is 1. The lowest BCUT2D eigenvalue weighted by molar-refractivity contribution is -0.112. The number of hydrogen-bond acceptors (Lipinski definition) is 5. The number of amides is 1. The van der Waals surface area contributed by atoms with Gasteiger partial charge in [0.2, 0.25) is 0 Å². The van der Waals surface area contributed by atoms with E-state index >= 15 is 0 Å². The maximum absolute atomic E-state index is 12.4. The minimum atomic E-state index is -0.592. The van der Waals surface area contributed by atoms with E-state index in [-0.39, 0.29) is 12.2 Å². The predicted octanol–water partition coefficient (Wildman–Crippen LogP) is 4.56. The van der Waals surface area contributed by atoms with Crippen LogP contribution in [0.15, 0.2) is 46.4 Å². The van der Waals surface area contributed by atoms with Crippen LogP contribution < -0.4 is 14.8 Å². The van der Waals surface area contributed by atoms with Gasteiger partial charge in [0.1, 0.15) is 17.7 Å². The van der Waals surface area contributed by atoms with Gasteiger partial charge in [0, 0.05) is 0 Å². The van der Waals surface area contributed by atoms with Crippen molar-refractivity contribution in [1.82, 2.24) is 0 Å². The largest absolute Gasteiger partial charge is 0.493 e. The van der Waals surface area contributed by atoms with Crippen LogP contribution in [-0.4, -0.2) is 19.6 Å². The normalized spacial score (nSPS) is 10.5. The Hall–Kier alpha value is -3.00. The van der Waals surface area contributed by atoms with Crippen molar-refractivity contribution in [3.05, 3.63) is 57.0 Å². The van der Waals surface area contributed by atoms with Gasteiger partial charge >= 0.3 is 0 Å². The zero-order chi connectivity index (χ0) is 19.8. The van der Waals surface area contributed by atoms with Crippen molar-refractivity contribution in [3.63, 3.8) is 0 Å². The van der Waals surface area contributed by atoms with Gasteiger partial charge < -0.3 is 14.8 Å². The van der Waals surface area contributed by atoms with Gasteiger partial charge in [-0.25, -0.2) is 0 Å². The van der Waals surface area contributed by atoms with E-state index in [9.17, 15) is 10.1 Å². The summed E-state index contributed by atoms with van der Waals surface area (Å²) in [6, 6.07) is 13.7. The van der Waals surface area contributed by atoms with Crippen LogP contribution in [0.4, 0.5) is 5.69 Å². The van der Waals surface area contributed by atoms with Crippen LogP contribution in [0.5, 0.6) is 11.5 Å². The van der Waals surface area contributed by atoms with E-state index in [2.05, 4.69) is 21.2 Å². The van der Waals surface area contributed by atoms with Gasteiger partial charge in [0.15, 0.2) is 18.1 Å². The second kappa shape index (κ2) is 9.63. The molecule has 0 aliphatic rings. The van der Waals surface area contributed by atoms with Crippen LogP contribution in [0, 0.1) is 22.7 Å². The molecule has 0 saturated heterocycles. The number of carbonyl (C=O) groups excluding carboxylic acids is 1. The van der Waals surface area contributed by atoms with Crippen LogP contribution in [0.1, 0.15) is 5.56 Å². The molecular weight excluding hydrogens is 434 g/mol. The van der Waals surface area contributed by atoms with Crippen molar-refractivity contribution >= 4 is 45.2 Å². The lowest BCUT2D eigenvalue weighted by atomic mass is 10.1. The van der Waals surface area contributed by atoms with Gasteiger partial charge in [0.05, 0.1) is 22.3 Å². The summed E-state index contributed by atoms with van der Waals surface area (Å²) in [6.07, 6.45) is 1.41. The summed E-state index contributed by atoms with van der Waals surface area (Å²) in [6.45, 7) is -0.145. The van der Waals surface area contributed by atoms with Crippen molar-refractivity contribution in [2.45, 2.75) is 0 Å². The number of nitrogens with zero attached hydrogens (tertiary/aromatic N) is 2. The number of nitriles is 2. The molecule has 0 aliphatic carbocycles. The number of nitrogens with one attached hydrogen (secondary N) is 1. The maximum Gasteiger partial charge on any atom is 0.266 e. The van der Waals surface area contributed by atoms with Crippen LogP contribution in [-0.2, 0) is 4.79 Å². The van der Waals surface area contributed by atoms with Crippen molar-refractivity contribution in [1.29, 1.82) is 10.5 Å². The highest BCUT2D eigenvalue weighted by Gasteiger charge is 2.14. The first-order chi connectivity index (χ1) is 13.0. The number of carbonyl (C=O) groups is 1. The highest BCUT2D eigenvalue weighted by molar-refractivity contribution is 9.10. The summed E-state index contributed by atoms with van der Waals surface area (Å²) in [5.41, 5.74) is 0.827. The third-order valence-corrected chi connectivity index (χ3v) is 4.25. The molecule has 0 heterocycles. The third kappa shape index (κ3) is 5.24. The molecule has 1 amide bonds. The highest BCUT2D eigenvalue weighted by Crippen LogP contribution is 2.37. The lowest BCUT2D eigenvalue weighted by Crippen LogP contribution is -2.13.